The van der Waals surface area contributed by atoms with Crippen molar-refractivity contribution in [2.75, 3.05) is 12.8 Å². The van der Waals surface area contributed by atoms with Gasteiger partial charge in [-0.3, -0.25) is 0 Å². The lowest BCUT2D eigenvalue weighted by Crippen LogP contribution is -2.18. The first-order valence-corrected chi connectivity index (χ1v) is 7.63. The Kier molecular flexibility index (Phi) is 6.07. The monoisotopic (exact) mass is 251 g/mol. The van der Waals surface area contributed by atoms with E-state index in [1.807, 2.05) is 11.8 Å². The first-order chi connectivity index (χ1) is 8.04. The number of benzene rings is 1. The van der Waals surface area contributed by atoms with Gasteiger partial charge in [-0.05, 0) is 56.7 Å². The number of hydrogen-bond acceptors (Lipinski definition) is 2. The summed E-state index contributed by atoms with van der Waals surface area (Å²) in [6.45, 7) is 11.0. The summed E-state index contributed by atoms with van der Waals surface area (Å²) in [7, 11) is 0. The van der Waals surface area contributed by atoms with Gasteiger partial charge < -0.3 is 5.32 Å². The molecule has 17 heavy (non-hydrogen) atoms. The molecule has 0 fully saturated rings. The van der Waals surface area contributed by atoms with Crippen LogP contribution in [0.1, 0.15) is 35.6 Å². The van der Waals surface area contributed by atoms with Gasteiger partial charge in [-0.2, -0.15) is 11.8 Å². The second-order valence-corrected chi connectivity index (χ2v) is 6.17. The van der Waals surface area contributed by atoms with Crippen LogP contribution in [-0.2, 0) is 6.54 Å². The van der Waals surface area contributed by atoms with Crippen LogP contribution in [0.15, 0.2) is 12.1 Å². The van der Waals surface area contributed by atoms with Crippen LogP contribution in [0.4, 0.5) is 0 Å². The number of nitrogens with one attached hydrogen (secondary N) is 1. The van der Waals surface area contributed by atoms with E-state index in [9.17, 15) is 0 Å². The molecule has 2 heteroatoms. The van der Waals surface area contributed by atoms with Gasteiger partial charge in [0, 0.05) is 11.8 Å². The second kappa shape index (κ2) is 7.07. The summed E-state index contributed by atoms with van der Waals surface area (Å²) >= 11 is 1.94. The highest BCUT2D eigenvalue weighted by atomic mass is 32.2. The second-order valence-electron chi connectivity index (χ2n) is 4.89. The highest BCUT2D eigenvalue weighted by Gasteiger charge is 2.04. The number of hydrogen-bond donors (Lipinski definition) is 1. The molecule has 0 spiro atoms. The molecule has 0 aliphatic carbocycles. The van der Waals surface area contributed by atoms with Crippen molar-refractivity contribution < 1.29 is 0 Å². The zero-order chi connectivity index (χ0) is 12.8. The van der Waals surface area contributed by atoms with E-state index in [4.69, 9.17) is 0 Å². The number of aryl methyl sites for hydroxylation is 3. The topological polar surface area (TPSA) is 12.0 Å². The van der Waals surface area contributed by atoms with Gasteiger partial charge >= 0.3 is 0 Å². The highest BCUT2D eigenvalue weighted by molar-refractivity contribution is 7.99. The standard InChI is InChI=1S/C15H25NS/c1-11-8-12(2)15(13(3)9-11)10-16-7-6-14(4)17-5/h8-9,14,16H,6-7,10H2,1-5H3. The quantitative estimate of drug-likeness (QED) is 0.771. The molecular formula is C15H25NS. The molecule has 0 heterocycles. The molecule has 1 nitrogen and oxygen atoms in total. The van der Waals surface area contributed by atoms with Crippen molar-refractivity contribution in [2.45, 2.75) is 45.9 Å². The minimum atomic E-state index is 0.753. The van der Waals surface area contributed by atoms with Crippen LogP contribution in [-0.4, -0.2) is 18.1 Å². The fraction of sp³-hybridized carbons (Fsp3) is 0.600. The van der Waals surface area contributed by atoms with Gasteiger partial charge in [-0.25, -0.2) is 0 Å². The van der Waals surface area contributed by atoms with Gasteiger partial charge in [0.1, 0.15) is 0 Å². The summed E-state index contributed by atoms with van der Waals surface area (Å²) in [4.78, 5) is 0. The molecule has 0 saturated carbocycles. The van der Waals surface area contributed by atoms with E-state index in [-0.39, 0.29) is 0 Å². The van der Waals surface area contributed by atoms with Crippen LogP contribution in [0.5, 0.6) is 0 Å². The minimum Gasteiger partial charge on any atom is -0.313 e. The minimum absolute atomic E-state index is 0.753. The summed E-state index contributed by atoms with van der Waals surface area (Å²) in [6.07, 6.45) is 3.42. The Labute approximate surface area is 110 Å². The molecule has 0 aliphatic heterocycles. The summed E-state index contributed by atoms with van der Waals surface area (Å²) in [5, 5.41) is 4.31. The molecule has 1 rings (SSSR count). The van der Waals surface area contributed by atoms with Crippen LogP contribution in [0.25, 0.3) is 0 Å². The first kappa shape index (κ1) is 14.6. The molecule has 1 unspecified atom stereocenters. The maximum atomic E-state index is 3.55. The van der Waals surface area contributed by atoms with Crippen molar-refractivity contribution >= 4 is 11.8 Å². The van der Waals surface area contributed by atoms with E-state index >= 15 is 0 Å². The van der Waals surface area contributed by atoms with Crippen LogP contribution < -0.4 is 5.32 Å². The van der Waals surface area contributed by atoms with Crippen LogP contribution in [0.2, 0.25) is 0 Å². The molecule has 96 valence electrons. The molecule has 0 radical (unpaired) electrons. The van der Waals surface area contributed by atoms with E-state index in [1.54, 1.807) is 0 Å². The highest BCUT2D eigenvalue weighted by Crippen LogP contribution is 2.16. The predicted molar refractivity (Wildman–Crippen MR) is 80.0 cm³/mol. The normalized spacial score (nSPS) is 12.8. The first-order valence-electron chi connectivity index (χ1n) is 6.34. The molecule has 0 aromatic heterocycles. The van der Waals surface area contributed by atoms with E-state index < -0.39 is 0 Å². The summed E-state index contributed by atoms with van der Waals surface area (Å²) < 4.78 is 0. The molecule has 1 aromatic carbocycles. The fourth-order valence-electron chi connectivity index (χ4n) is 2.13. The van der Waals surface area contributed by atoms with E-state index in [0.29, 0.717) is 0 Å². The smallest absolute Gasteiger partial charge is 0.0210 e. The lowest BCUT2D eigenvalue weighted by Gasteiger charge is -2.13. The average Bonchev–Trinajstić information content (AvgIpc) is 2.26. The lowest BCUT2D eigenvalue weighted by atomic mass is 10.00. The Morgan fingerprint density at radius 1 is 1.18 bits per heavy atom. The van der Waals surface area contributed by atoms with Crippen molar-refractivity contribution in [1.29, 1.82) is 0 Å². The number of rotatable bonds is 6. The number of thioether (sulfide) groups is 1. The molecule has 1 atom stereocenters. The van der Waals surface area contributed by atoms with Crippen LogP contribution >= 0.6 is 11.8 Å². The molecule has 1 N–H and O–H groups in total. The van der Waals surface area contributed by atoms with Crippen LogP contribution in [0, 0.1) is 20.8 Å². The maximum Gasteiger partial charge on any atom is 0.0210 e. The van der Waals surface area contributed by atoms with Crippen LogP contribution in [0.3, 0.4) is 0 Å². The summed E-state index contributed by atoms with van der Waals surface area (Å²) in [6, 6.07) is 4.54. The zero-order valence-electron chi connectivity index (χ0n) is 11.8. The largest absolute Gasteiger partial charge is 0.313 e. The zero-order valence-corrected chi connectivity index (χ0v) is 12.6. The van der Waals surface area contributed by atoms with E-state index in [2.05, 4.69) is 51.4 Å². The van der Waals surface area contributed by atoms with Gasteiger partial charge in [0.05, 0.1) is 0 Å². The third-order valence-corrected chi connectivity index (χ3v) is 4.31. The SMILES string of the molecule is CSC(C)CCNCc1c(C)cc(C)cc1C. The molecule has 0 amide bonds. The van der Waals surface area contributed by atoms with Crippen molar-refractivity contribution in [3.63, 3.8) is 0 Å². The lowest BCUT2D eigenvalue weighted by molar-refractivity contribution is 0.644. The average molecular weight is 251 g/mol. The van der Waals surface area contributed by atoms with Gasteiger partial charge in [0.2, 0.25) is 0 Å². The Bertz CT molecular complexity index is 337. The van der Waals surface area contributed by atoms with Crippen molar-refractivity contribution in [2.24, 2.45) is 0 Å². The van der Waals surface area contributed by atoms with E-state index in [1.165, 1.54) is 28.7 Å². The molecular weight excluding hydrogens is 226 g/mol. The molecule has 0 saturated heterocycles. The van der Waals surface area contributed by atoms with Gasteiger partial charge in [0.25, 0.3) is 0 Å². The van der Waals surface area contributed by atoms with Gasteiger partial charge in [-0.1, -0.05) is 24.6 Å². The molecule has 0 aliphatic rings. The molecule has 0 bridgehead atoms. The van der Waals surface area contributed by atoms with Gasteiger partial charge in [-0.15, -0.1) is 0 Å². The summed E-state index contributed by atoms with van der Waals surface area (Å²) in [5.74, 6) is 0. The Balaban J connectivity index is 2.47. The van der Waals surface area contributed by atoms with Crippen molar-refractivity contribution in [1.82, 2.24) is 5.32 Å². The van der Waals surface area contributed by atoms with E-state index in [0.717, 1.165) is 18.3 Å². The Morgan fingerprint density at radius 2 is 1.76 bits per heavy atom. The molecule has 1 aromatic rings. The third-order valence-electron chi connectivity index (χ3n) is 3.27. The van der Waals surface area contributed by atoms with Crippen molar-refractivity contribution in [3.05, 3.63) is 34.4 Å². The maximum absolute atomic E-state index is 3.55. The Hall–Kier alpha value is -0.470. The Morgan fingerprint density at radius 3 is 2.29 bits per heavy atom. The third kappa shape index (κ3) is 4.72. The summed E-state index contributed by atoms with van der Waals surface area (Å²) in [5.41, 5.74) is 5.65. The van der Waals surface area contributed by atoms with Gasteiger partial charge in [0.15, 0.2) is 0 Å². The predicted octanol–water partition coefficient (Wildman–Crippen LogP) is 3.84. The van der Waals surface area contributed by atoms with Crippen molar-refractivity contribution in [3.8, 4) is 0 Å². The fourth-order valence-corrected chi connectivity index (χ4v) is 2.48.